The van der Waals surface area contributed by atoms with Crippen LogP contribution in [0.2, 0.25) is 0 Å². The van der Waals surface area contributed by atoms with Crippen LogP contribution in [0.3, 0.4) is 0 Å². The fraction of sp³-hybridized carbons (Fsp3) is 0.0952. The lowest BCUT2D eigenvalue weighted by Crippen LogP contribution is -2.20. The third-order valence-electron chi connectivity index (χ3n) is 4.53. The van der Waals surface area contributed by atoms with Gasteiger partial charge in [-0.3, -0.25) is 4.79 Å². The van der Waals surface area contributed by atoms with E-state index in [0.717, 1.165) is 33.3 Å². The zero-order chi connectivity index (χ0) is 16.7. The van der Waals surface area contributed by atoms with Gasteiger partial charge in [0.05, 0.1) is 12.8 Å². The van der Waals surface area contributed by atoms with Gasteiger partial charge in [-0.1, -0.05) is 48.5 Å². The number of likely N-dealkylation sites (N-methyl/N-ethyl adjacent to an activating group) is 1. The van der Waals surface area contributed by atoms with Crippen molar-refractivity contribution in [2.45, 2.75) is 0 Å². The number of amides is 1. The van der Waals surface area contributed by atoms with Crippen LogP contribution in [0.15, 0.2) is 60.7 Å². The van der Waals surface area contributed by atoms with Gasteiger partial charge in [-0.2, -0.15) is 0 Å². The largest absolute Gasteiger partial charge is 0.496 e. The van der Waals surface area contributed by atoms with Crippen molar-refractivity contribution >= 4 is 34.0 Å². The Bertz CT molecular complexity index is 988. The average molecular weight is 315 g/mol. The Morgan fingerprint density at radius 3 is 2.54 bits per heavy atom. The van der Waals surface area contributed by atoms with Crippen molar-refractivity contribution in [1.82, 2.24) is 0 Å². The highest BCUT2D eigenvalue weighted by molar-refractivity contribution is 6.36. The van der Waals surface area contributed by atoms with Crippen molar-refractivity contribution in [3.8, 4) is 5.75 Å². The van der Waals surface area contributed by atoms with Gasteiger partial charge in [-0.15, -0.1) is 0 Å². The molecule has 1 aliphatic heterocycles. The van der Waals surface area contributed by atoms with Gasteiger partial charge in [0.2, 0.25) is 0 Å². The highest BCUT2D eigenvalue weighted by Gasteiger charge is 2.29. The normalized spacial score (nSPS) is 15.2. The SMILES string of the molecule is COc1ccc2ccccc2c1/C=C1/C(=O)N(C)c2ccccc21. The Hall–Kier alpha value is -3.07. The molecule has 0 radical (unpaired) electrons. The molecule has 0 saturated heterocycles. The number of rotatable bonds is 2. The molecule has 0 N–H and O–H groups in total. The Kier molecular flexibility index (Phi) is 3.35. The Morgan fingerprint density at radius 2 is 1.71 bits per heavy atom. The Balaban J connectivity index is 1.99. The highest BCUT2D eigenvalue weighted by Crippen LogP contribution is 2.39. The summed E-state index contributed by atoms with van der Waals surface area (Å²) in [6.45, 7) is 0. The fourth-order valence-electron chi connectivity index (χ4n) is 3.29. The lowest BCUT2D eigenvalue weighted by atomic mass is 9.99. The van der Waals surface area contributed by atoms with E-state index in [1.807, 2.05) is 61.7 Å². The lowest BCUT2D eigenvalue weighted by Gasteiger charge is -2.10. The molecule has 3 nitrogen and oxygen atoms in total. The predicted molar refractivity (Wildman–Crippen MR) is 98.2 cm³/mol. The number of para-hydroxylation sites is 1. The summed E-state index contributed by atoms with van der Waals surface area (Å²) < 4.78 is 5.54. The van der Waals surface area contributed by atoms with E-state index in [-0.39, 0.29) is 5.91 Å². The van der Waals surface area contributed by atoms with Crippen LogP contribution in [0.5, 0.6) is 5.75 Å². The molecule has 0 atom stereocenters. The highest BCUT2D eigenvalue weighted by atomic mass is 16.5. The molecule has 0 saturated carbocycles. The minimum Gasteiger partial charge on any atom is -0.496 e. The molecular formula is C21H17NO2. The maximum atomic E-state index is 12.7. The number of methoxy groups -OCH3 is 1. The summed E-state index contributed by atoms with van der Waals surface area (Å²) in [5.41, 5.74) is 3.53. The molecule has 24 heavy (non-hydrogen) atoms. The molecule has 1 aliphatic rings. The molecule has 0 aliphatic carbocycles. The van der Waals surface area contributed by atoms with Crippen LogP contribution in [0.4, 0.5) is 5.69 Å². The van der Waals surface area contributed by atoms with Crippen LogP contribution in [-0.2, 0) is 4.79 Å². The van der Waals surface area contributed by atoms with Crippen LogP contribution in [0, 0.1) is 0 Å². The number of hydrogen-bond donors (Lipinski definition) is 0. The van der Waals surface area contributed by atoms with Gasteiger partial charge in [0.25, 0.3) is 5.91 Å². The molecule has 3 aromatic carbocycles. The van der Waals surface area contributed by atoms with Crippen LogP contribution in [0.25, 0.3) is 22.4 Å². The summed E-state index contributed by atoms with van der Waals surface area (Å²) in [4.78, 5) is 14.4. The molecule has 0 unspecified atom stereocenters. The van der Waals surface area contributed by atoms with Gasteiger partial charge in [0.1, 0.15) is 5.75 Å². The van der Waals surface area contributed by atoms with E-state index in [1.54, 1.807) is 12.0 Å². The topological polar surface area (TPSA) is 29.5 Å². The summed E-state index contributed by atoms with van der Waals surface area (Å²) in [5, 5.41) is 2.20. The number of hydrogen-bond acceptors (Lipinski definition) is 2. The Labute approximate surface area is 140 Å². The van der Waals surface area contributed by atoms with Crippen LogP contribution < -0.4 is 9.64 Å². The number of carbonyl (C=O) groups excluding carboxylic acids is 1. The third kappa shape index (κ3) is 2.09. The zero-order valence-electron chi connectivity index (χ0n) is 13.6. The van der Waals surface area contributed by atoms with Crippen molar-refractivity contribution in [2.75, 3.05) is 19.1 Å². The van der Waals surface area contributed by atoms with Crippen LogP contribution in [-0.4, -0.2) is 20.1 Å². The second kappa shape index (κ2) is 5.53. The van der Waals surface area contributed by atoms with Crippen molar-refractivity contribution < 1.29 is 9.53 Å². The van der Waals surface area contributed by atoms with E-state index < -0.39 is 0 Å². The maximum Gasteiger partial charge on any atom is 0.258 e. The van der Waals surface area contributed by atoms with Crippen molar-refractivity contribution in [3.63, 3.8) is 0 Å². The second-order valence-corrected chi connectivity index (χ2v) is 5.84. The summed E-state index contributed by atoms with van der Waals surface area (Å²) in [5.74, 6) is 0.771. The molecule has 4 rings (SSSR count). The molecule has 0 bridgehead atoms. The first-order valence-corrected chi connectivity index (χ1v) is 7.85. The molecule has 0 fully saturated rings. The van der Waals surface area contributed by atoms with Gasteiger partial charge in [-0.25, -0.2) is 0 Å². The number of anilines is 1. The van der Waals surface area contributed by atoms with Gasteiger partial charge >= 0.3 is 0 Å². The van der Waals surface area contributed by atoms with Crippen LogP contribution >= 0.6 is 0 Å². The fourth-order valence-corrected chi connectivity index (χ4v) is 3.29. The second-order valence-electron chi connectivity index (χ2n) is 5.84. The van der Waals surface area contributed by atoms with E-state index in [2.05, 4.69) is 12.1 Å². The minimum absolute atomic E-state index is 0.00573. The molecule has 1 amide bonds. The monoisotopic (exact) mass is 315 g/mol. The molecular weight excluding hydrogens is 298 g/mol. The van der Waals surface area contributed by atoms with Crippen molar-refractivity contribution in [1.29, 1.82) is 0 Å². The smallest absolute Gasteiger partial charge is 0.258 e. The molecule has 3 heteroatoms. The number of carbonyl (C=O) groups is 1. The number of benzene rings is 3. The number of ether oxygens (including phenoxy) is 1. The van der Waals surface area contributed by atoms with Gasteiger partial charge in [0.15, 0.2) is 0 Å². The molecule has 1 heterocycles. The molecule has 118 valence electrons. The maximum absolute atomic E-state index is 12.7. The quantitative estimate of drug-likeness (QED) is 0.657. The first kappa shape index (κ1) is 14.5. The van der Waals surface area contributed by atoms with Crippen molar-refractivity contribution in [3.05, 3.63) is 71.8 Å². The van der Waals surface area contributed by atoms with E-state index in [0.29, 0.717) is 5.57 Å². The summed E-state index contributed by atoms with van der Waals surface area (Å²) in [6, 6.07) is 20.0. The van der Waals surface area contributed by atoms with Gasteiger partial charge in [0, 0.05) is 23.7 Å². The van der Waals surface area contributed by atoms with Crippen LogP contribution in [0.1, 0.15) is 11.1 Å². The average Bonchev–Trinajstić information content (AvgIpc) is 2.87. The number of nitrogens with zero attached hydrogens (tertiary/aromatic N) is 1. The van der Waals surface area contributed by atoms with Gasteiger partial charge in [-0.05, 0) is 29.0 Å². The van der Waals surface area contributed by atoms with E-state index in [4.69, 9.17) is 4.74 Å². The first-order valence-electron chi connectivity index (χ1n) is 7.85. The Morgan fingerprint density at radius 1 is 0.958 bits per heavy atom. The molecule has 3 aromatic rings. The van der Waals surface area contributed by atoms with Crippen molar-refractivity contribution in [2.24, 2.45) is 0 Å². The zero-order valence-corrected chi connectivity index (χ0v) is 13.6. The molecule has 0 spiro atoms. The third-order valence-corrected chi connectivity index (χ3v) is 4.53. The summed E-state index contributed by atoms with van der Waals surface area (Å²) in [6.07, 6.45) is 1.95. The standard InChI is InChI=1S/C21H17NO2/c1-22-19-10-6-5-9-16(19)18(21(22)23)13-17-15-8-4-3-7-14(15)11-12-20(17)24-2/h3-13H,1-2H3/b18-13+. The predicted octanol–water partition coefficient (Wildman–Crippen LogP) is 4.37. The minimum atomic E-state index is 0.00573. The lowest BCUT2D eigenvalue weighted by molar-refractivity contribution is -0.112. The van der Waals surface area contributed by atoms with E-state index in [9.17, 15) is 4.79 Å². The van der Waals surface area contributed by atoms with E-state index in [1.165, 1.54) is 0 Å². The molecule has 0 aromatic heterocycles. The van der Waals surface area contributed by atoms with E-state index >= 15 is 0 Å². The summed E-state index contributed by atoms with van der Waals surface area (Å²) in [7, 11) is 3.46. The first-order chi connectivity index (χ1) is 11.7. The van der Waals surface area contributed by atoms with Gasteiger partial charge < -0.3 is 9.64 Å². The number of fused-ring (bicyclic) bond motifs is 2. The summed E-state index contributed by atoms with van der Waals surface area (Å²) >= 11 is 0.